The molecule has 2 atom stereocenters. The van der Waals surface area contributed by atoms with Gasteiger partial charge in [-0.25, -0.2) is 0 Å². The van der Waals surface area contributed by atoms with Gasteiger partial charge in [-0.1, -0.05) is 18.2 Å². The number of likely N-dealkylation sites (N-methyl/N-ethyl adjacent to an activating group) is 1. The zero-order valence-corrected chi connectivity index (χ0v) is 26.6. The van der Waals surface area contributed by atoms with E-state index < -0.39 is 0 Å². The molecule has 0 aliphatic carbocycles. The Balaban J connectivity index is 1.45. The van der Waals surface area contributed by atoms with Gasteiger partial charge in [0, 0.05) is 24.2 Å². The second kappa shape index (κ2) is 12.2. The van der Waals surface area contributed by atoms with Crippen molar-refractivity contribution in [1.29, 1.82) is 0 Å². The van der Waals surface area contributed by atoms with Gasteiger partial charge in [0.2, 0.25) is 5.75 Å². The third-order valence-corrected chi connectivity index (χ3v) is 9.39. The number of hydrogen-bond donors (Lipinski definition) is 1. The summed E-state index contributed by atoms with van der Waals surface area (Å²) >= 11 is 0. The average molecular weight is 609 g/mol. The SMILES string of the molecule is COc1ccc2cc1Oc1ccc(cc1)C[C@H]1c3cc(c(OC)cc3CCN1C)Oc1c(OC)c(OC)cc3c1[C@@H](C2)NCC3. The summed E-state index contributed by atoms with van der Waals surface area (Å²) in [5, 5.41) is 3.75. The molecule has 4 aliphatic rings. The van der Waals surface area contributed by atoms with E-state index in [9.17, 15) is 0 Å². The van der Waals surface area contributed by atoms with E-state index in [0.717, 1.165) is 49.2 Å². The lowest BCUT2D eigenvalue weighted by Gasteiger charge is -2.36. The molecule has 0 saturated heterocycles. The molecule has 8 heteroatoms. The molecular formula is C37H40N2O6. The molecule has 0 aromatic heterocycles. The second-order valence-corrected chi connectivity index (χ2v) is 12.0. The van der Waals surface area contributed by atoms with Crippen LogP contribution in [0.25, 0.3) is 0 Å². The summed E-state index contributed by atoms with van der Waals surface area (Å²) in [6.07, 6.45) is 3.32. The van der Waals surface area contributed by atoms with Crippen LogP contribution in [0.3, 0.4) is 0 Å². The van der Waals surface area contributed by atoms with Crippen molar-refractivity contribution in [2.24, 2.45) is 0 Å². The van der Waals surface area contributed by atoms with E-state index in [-0.39, 0.29) is 12.1 Å². The number of nitrogens with zero attached hydrogens (tertiary/aromatic N) is 1. The van der Waals surface area contributed by atoms with Crippen LogP contribution in [0, 0.1) is 0 Å². The maximum absolute atomic E-state index is 6.97. The second-order valence-electron chi connectivity index (χ2n) is 12.0. The van der Waals surface area contributed by atoms with Gasteiger partial charge in [-0.3, -0.25) is 4.90 Å². The normalized spacial score (nSPS) is 18.9. The van der Waals surface area contributed by atoms with Crippen LogP contribution < -0.4 is 33.7 Å². The number of methoxy groups -OCH3 is 4. The number of nitrogens with one attached hydrogen (secondary N) is 1. The topological polar surface area (TPSA) is 70.7 Å². The fourth-order valence-corrected chi connectivity index (χ4v) is 7.03. The Morgan fingerprint density at radius 1 is 0.711 bits per heavy atom. The Morgan fingerprint density at radius 3 is 2.20 bits per heavy atom. The van der Waals surface area contributed by atoms with Crippen LogP contribution in [0.2, 0.25) is 0 Å². The van der Waals surface area contributed by atoms with Crippen molar-refractivity contribution in [2.45, 2.75) is 37.8 Å². The van der Waals surface area contributed by atoms with Gasteiger partial charge in [0.25, 0.3) is 0 Å². The van der Waals surface area contributed by atoms with E-state index in [0.29, 0.717) is 46.7 Å². The molecule has 1 N–H and O–H groups in total. The Hall–Kier alpha value is -4.40. The lowest BCUT2D eigenvalue weighted by atomic mass is 9.88. The summed E-state index contributed by atoms with van der Waals surface area (Å²) in [6.45, 7) is 1.79. The summed E-state index contributed by atoms with van der Waals surface area (Å²) in [5.74, 6) is 5.35. The van der Waals surface area contributed by atoms with Crippen LogP contribution in [0.5, 0.6) is 46.0 Å². The maximum Gasteiger partial charge on any atom is 0.204 e. The van der Waals surface area contributed by atoms with Gasteiger partial charge in [0.1, 0.15) is 5.75 Å². The Labute approximate surface area is 264 Å². The third kappa shape index (κ3) is 5.42. The lowest BCUT2D eigenvalue weighted by molar-refractivity contribution is 0.228. The zero-order valence-electron chi connectivity index (χ0n) is 26.6. The summed E-state index contributed by atoms with van der Waals surface area (Å²) < 4.78 is 36.9. The van der Waals surface area contributed by atoms with E-state index in [4.69, 9.17) is 28.4 Å². The molecule has 234 valence electrons. The van der Waals surface area contributed by atoms with Crippen molar-refractivity contribution in [1.82, 2.24) is 10.2 Å². The number of fused-ring (bicyclic) bond motifs is 2. The first kappa shape index (κ1) is 29.3. The molecule has 0 radical (unpaired) electrons. The minimum Gasteiger partial charge on any atom is -0.493 e. The first-order chi connectivity index (χ1) is 22.0. The van der Waals surface area contributed by atoms with E-state index in [1.807, 2.05) is 18.2 Å². The van der Waals surface area contributed by atoms with Crippen LogP contribution in [-0.4, -0.2) is 53.5 Å². The minimum atomic E-state index is -0.0505. The van der Waals surface area contributed by atoms with Crippen LogP contribution >= 0.6 is 0 Å². The standard InChI is InChI=1S/C37H40N2O6/c1-39-15-13-24-19-31(41-3)33-21-27(24)29(39)17-22-6-9-26(10-7-22)44-32-18-23(8-11-30(32)40-2)16-28-35-25(12-14-38-28)20-34(42-4)36(43-5)37(35)45-33/h6-11,18-21,28-29,38H,12-17H2,1-5H3/t28-,29+/m1/s1. The molecule has 4 aromatic rings. The third-order valence-electron chi connectivity index (χ3n) is 9.39. The van der Waals surface area contributed by atoms with Crippen molar-refractivity contribution < 1.29 is 28.4 Å². The van der Waals surface area contributed by atoms with Gasteiger partial charge in [-0.05, 0) is 110 Å². The average Bonchev–Trinajstić information content (AvgIpc) is 3.06. The summed E-state index contributed by atoms with van der Waals surface area (Å²) in [5.41, 5.74) is 7.07. The molecule has 4 aliphatic heterocycles. The van der Waals surface area contributed by atoms with Crippen molar-refractivity contribution in [3.63, 3.8) is 0 Å². The Bertz CT molecular complexity index is 1720. The molecule has 4 aromatic carbocycles. The Kier molecular flexibility index (Phi) is 7.94. The van der Waals surface area contributed by atoms with Gasteiger partial charge >= 0.3 is 0 Å². The van der Waals surface area contributed by atoms with Crippen molar-refractivity contribution in [3.05, 3.63) is 94.0 Å². The number of benzene rings is 4. The van der Waals surface area contributed by atoms with Gasteiger partial charge in [0.05, 0.1) is 28.4 Å². The van der Waals surface area contributed by atoms with Gasteiger partial charge < -0.3 is 33.7 Å². The predicted octanol–water partition coefficient (Wildman–Crippen LogP) is 6.82. The van der Waals surface area contributed by atoms with Crippen molar-refractivity contribution >= 4 is 0 Å². The van der Waals surface area contributed by atoms with Gasteiger partial charge in [0.15, 0.2) is 34.5 Å². The van der Waals surface area contributed by atoms with Crippen molar-refractivity contribution in [2.75, 3.05) is 48.6 Å². The first-order valence-electron chi connectivity index (χ1n) is 15.5. The molecule has 0 fully saturated rings. The van der Waals surface area contributed by atoms with Crippen LogP contribution in [0.4, 0.5) is 0 Å². The lowest BCUT2D eigenvalue weighted by Crippen LogP contribution is -2.33. The molecule has 8 nitrogen and oxygen atoms in total. The highest BCUT2D eigenvalue weighted by molar-refractivity contribution is 5.63. The smallest absolute Gasteiger partial charge is 0.204 e. The molecule has 0 amide bonds. The van der Waals surface area contributed by atoms with E-state index in [1.54, 1.807) is 28.4 Å². The molecule has 8 rings (SSSR count). The molecular weight excluding hydrogens is 568 g/mol. The highest BCUT2D eigenvalue weighted by Crippen LogP contribution is 2.50. The van der Waals surface area contributed by atoms with Crippen molar-refractivity contribution in [3.8, 4) is 46.0 Å². The quantitative estimate of drug-likeness (QED) is 0.271. The van der Waals surface area contributed by atoms with Crippen LogP contribution in [0.15, 0.2) is 60.7 Å². The highest BCUT2D eigenvalue weighted by Gasteiger charge is 2.32. The predicted molar refractivity (Wildman–Crippen MR) is 173 cm³/mol. The molecule has 4 heterocycles. The fraction of sp³-hybridized carbons (Fsp3) is 0.351. The molecule has 0 unspecified atom stereocenters. The molecule has 0 saturated carbocycles. The number of hydrogen-bond acceptors (Lipinski definition) is 8. The molecule has 6 bridgehead atoms. The first-order valence-corrected chi connectivity index (χ1v) is 15.5. The van der Waals surface area contributed by atoms with E-state index in [2.05, 4.69) is 59.7 Å². The Morgan fingerprint density at radius 2 is 1.44 bits per heavy atom. The van der Waals surface area contributed by atoms with E-state index >= 15 is 0 Å². The minimum absolute atomic E-state index is 0.0505. The van der Waals surface area contributed by atoms with Crippen LogP contribution in [0.1, 0.15) is 45.5 Å². The van der Waals surface area contributed by atoms with Gasteiger partial charge in [-0.2, -0.15) is 0 Å². The highest BCUT2D eigenvalue weighted by atomic mass is 16.5. The molecule has 0 spiro atoms. The summed E-state index contributed by atoms with van der Waals surface area (Å²) in [6, 6.07) is 21.0. The maximum atomic E-state index is 6.97. The summed E-state index contributed by atoms with van der Waals surface area (Å²) in [7, 11) is 8.89. The summed E-state index contributed by atoms with van der Waals surface area (Å²) in [4.78, 5) is 2.42. The molecule has 45 heavy (non-hydrogen) atoms. The van der Waals surface area contributed by atoms with Gasteiger partial charge in [-0.15, -0.1) is 0 Å². The number of ether oxygens (including phenoxy) is 6. The number of rotatable bonds is 4. The van der Waals surface area contributed by atoms with E-state index in [1.165, 1.54) is 22.3 Å². The largest absolute Gasteiger partial charge is 0.493 e. The zero-order chi connectivity index (χ0) is 31.1. The monoisotopic (exact) mass is 608 g/mol. The van der Waals surface area contributed by atoms with Crippen LogP contribution in [-0.2, 0) is 25.7 Å². The fourth-order valence-electron chi connectivity index (χ4n) is 7.03.